The SMILES string of the molecule is CC(C)(C)c1ccc(C=C2C(=O)NC(=O)NC2=O)cc1. The summed E-state index contributed by atoms with van der Waals surface area (Å²) in [4.78, 5) is 34.1. The lowest BCUT2D eigenvalue weighted by Crippen LogP contribution is -2.51. The zero-order valence-corrected chi connectivity index (χ0v) is 11.6. The van der Waals surface area contributed by atoms with Crippen molar-refractivity contribution >= 4 is 23.9 Å². The quantitative estimate of drug-likeness (QED) is 0.604. The van der Waals surface area contributed by atoms with Crippen LogP contribution in [-0.2, 0) is 15.0 Å². The molecular weight excluding hydrogens is 256 g/mol. The predicted octanol–water partition coefficient (Wildman–Crippen LogP) is 1.73. The van der Waals surface area contributed by atoms with Crippen molar-refractivity contribution in [3.63, 3.8) is 0 Å². The summed E-state index contributed by atoms with van der Waals surface area (Å²) in [7, 11) is 0. The van der Waals surface area contributed by atoms with Crippen LogP contribution < -0.4 is 10.6 Å². The number of nitrogens with one attached hydrogen (secondary N) is 2. The minimum atomic E-state index is -0.791. The maximum Gasteiger partial charge on any atom is 0.328 e. The van der Waals surface area contributed by atoms with Crippen molar-refractivity contribution in [1.82, 2.24) is 10.6 Å². The summed E-state index contributed by atoms with van der Waals surface area (Å²) in [5.74, 6) is -1.36. The topological polar surface area (TPSA) is 75.3 Å². The molecule has 0 aromatic heterocycles. The van der Waals surface area contributed by atoms with E-state index in [2.05, 4.69) is 20.8 Å². The fourth-order valence-corrected chi connectivity index (χ4v) is 1.85. The molecule has 5 heteroatoms. The van der Waals surface area contributed by atoms with Gasteiger partial charge in [0.2, 0.25) is 0 Å². The third kappa shape index (κ3) is 2.93. The number of urea groups is 1. The minimum absolute atomic E-state index is 0.0394. The summed E-state index contributed by atoms with van der Waals surface area (Å²) in [5.41, 5.74) is 1.85. The molecule has 0 spiro atoms. The highest BCUT2D eigenvalue weighted by molar-refractivity contribution is 6.31. The third-order valence-electron chi connectivity index (χ3n) is 3.03. The molecule has 1 aliphatic heterocycles. The van der Waals surface area contributed by atoms with E-state index in [1.54, 1.807) is 0 Å². The highest BCUT2D eigenvalue weighted by atomic mass is 16.2. The molecule has 1 aromatic carbocycles. The normalized spacial score (nSPS) is 15.8. The molecule has 0 radical (unpaired) electrons. The standard InChI is InChI=1S/C15H16N2O3/c1-15(2,3)10-6-4-9(5-7-10)8-11-12(18)16-14(20)17-13(11)19/h4-8H,1-3H3,(H2,16,17,18,19,20). The number of hydrogen-bond acceptors (Lipinski definition) is 3. The van der Waals surface area contributed by atoms with E-state index in [-0.39, 0.29) is 11.0 Å². The second kappa shape index (κ2) is 4.92. The van der Waals surface area contributed by atoms with E-state index in [9.17, 15) is 14.4 Å². The predicted molar refractivity (Wildman–Crippen MR) is 74.8 cm³/mol. The summed E-state index contributed by atoms with van der Waals surface area (Å²) in [5, 5.41) is 4.08. The molecule has 1 aromatic rings. The van der Waals surface area contributed by atoms with Crippen LogP contribution in [0.15, 0.2) is 29.8 Å². The fraction of sp³-hybridized carbons (Fsp3) is 0.267. The van der Waals surface area contributed by atoms with E-state index in [1.807, 2.05) is 34.9 Å². The first-order valence-electron chi connectivity index (χ1n) is 6.26. The van der Waals surface area contributed by atoms with Crippen LogP contribution in [0.5, 0.6) is 0 Å². The highest BCUT2D eigenvalue weighted by Crippen LogP contribution is 2.22. The Morgan fingerprint density at radius 2 is 1.40 bits per heavy atom. The van der Waals surface area contributed by atoms with Crippen LogP contribution in [0.4, 0.5) is 4.79 Å². The number of amides is 4. The van der Waals surface area contributed by atoms with Crippen molar-refractivity contribution in [2.75, 3.05) is 0 Å². The van der Waals surface area contributed by atoms with E-state index in [1.165, 1.54) is 6.08 Å². The van der Waals surface area contributed by atoms with Gasteiger partial charge >= 0.3 is 6.03 Å². The van der Waals surface area contributed by atoms with Crippen LogP contribution >= 0.6 is 0 Å². The monoisotopic (exact) mass is 272 g/mol. The first-order chi connectivity index (χ1) is 9.27. The van der Waals surface area contributed by atoms with Crippen molar-refractivity contribution in [1.29, 1.82) is 0 Å². The molecule has 1 saturated heterocycles. The van der Waals surface area contributed by atoms with Gasteiger partial charge in [-0.25, -0.2) is 4.79 Å². The molecule has 0 bridgehead atoms. The van der Waals surface area contributed by atoms with E-state index >= 15 is 0 Å². The molecule has 0 unspecified atom stereocenters. The van der Waals surface area contributed by atoms with E-state index in [0.717, 1.165) is 11.1 Å². The Labute approximate surface area is 117 Å². The Morgan fingerprint density at radius 1 is 0.900 bits per heavy atom. The van der Waals surface area contributed by atoms with Gasteiger partial charge in [0.25, 0.3) is 11.8 Å². The van der Waals surface area contributed by atoms with Gasteiger partial charge in [-0.2, -0.15) is 0 Å². The molecule has 2 N–H and O–H groups in total. The van der Waals surface area contributed by atoms with Gasteiger partial charge in [-0.3, -0.25) is 20.2 Å². The first kappa shape index (κ1) is 14.0. The lowest BCUT2D eigenvalue weighted by atomic mass is 9.86. The highest BCUT2D eigenvalue weighted by Gasteiger charge is 2.27. The molecule has 0 aliphatic carbocycles. The number of imide groups is 2. The Kier molecular flexibility index (Phi) is 3.44. The Balaban J connectivity index is 2.29. The maximum absolute atomic E-state index is 11.6. The first-order valence-corrected chi connectivity index (χ1v) is 6.26. The van der Waals surface area contributed by atoms with Gasteiger partial charge in [0.05, 0.1) is 0 Å². The summed E-state index contributed by atoms with van der Waals surface area (Å²) in [6.45, 7) is 6.32. The largest absolute Gasteiger partial charge is 0.328 e. The van der Waals surface area contributed by atoms with Crippen molar-refractivity contribution in [2.24, 2.45) is 0 Å². The maximum atomic E-state index is 11.6. The summed E-state index contributed by atoms with van der Waals surface area (Å²) < 4.78 is 0. The molecule has 5 nitrogen and oxygen atoms in total. The Bertz CT molecular complexity index is 585. The van der Waals surface area contributed by atoms with Crippen molar-refractivity contribution in [3.05, 3.63) is 41.0 Å². The van der Waals surface area contributed by atoms with Gasteiger partial charge in [-0.1, -0.05) is 45.0 Å². The van der Waals surface area contributed by atoms with Crippen molar-refractivity contribution in [3.8, 4) is 0 Å². The number of barbiturate groups is 1. The number of hydrogen-bond donors (Lipinski definition) is 2. The van der Waals surface area contributed by atoms with Gasteiger partial charge in [-0.05, 0) is 22.6 Å². The number of benzene rings is 1. The van der Waals surface area contributed by atoms with Crippen LogP contribution in [0.25, 0.3) is 6.08 Å². The number of rotatable bonds is 1. The van der Waals surface area contributed by atoms with Gasteiger partial charge < -0.3 is 0 Å². The second-order valence-corrected chi connectivity index (χ2v) is 5.67. The third-order valence-corrected chi connectivity index (χ3v) is 3.03. The molecule has 0 atom stereocenters. The molecule has 4 amide bonds. The number of carbonyl (C=O) groups is 3. The van der Waals surface area contributed by atoms with Crippen LogP contribution in [0, 0.1) is 0 Å². The summed E-state index contributed by atoms with van der Waals surface area (Å²) >= 11 is 0. The van der Waals surface area contributed by atoms with Crippen molar-refractivity contribution < 1.29 is 14.4 Å². The van der Waals surface area contributed by atoms with Crippen LogP contribution in [0.2, 0.25) is 0 Å². The summed E-state index contributed by atoms with van der Waals surface area (Å²) in [6.07, 6.45) is 1.46. The van der Waals surface area contributed by atoms with Gasteiger partial charge in [0, 0.05) is 0 Å². The lowest BCUT2D eigenvalue weighted by molar-refractivity contribution is -0.123. The molecule has 0 saturated carbocycles. The van der Waals surface area contributed by atoms with Gasteiger partial charge in [0.1, 0.15) is 5.57 Å². The van der Waals surface area contributed by atoms with Crippen LogP contribution in [0.1, 0.15) is 31.9 Å². The van der Waals surface area contributed by atoms with E-state index < -0.39 is 17.8 Å². The Morgan fingerprint density at radius 3 is 1.85 bits per heavy atom. The smallest absolute Gasteiger partial charge is 0.273 e. The van der Waals surface area contributed by atoms with Crippen LogP contribution in [-0.4, -0.2) is 17.8 Å². The summed E-state index contributed by atoms with van der Waals surface area (Å²) in [6, 6.07) is 6.79. The van der Waals surface area contributed by atoms with Gasteiger partial charge in [-0.15, -0.1) is 0 Å². The molecule has 1 aliphatic rings. The fourth-order valence-electron chi connectivity index (χ4n) is 1.85. The number of carbonyl (C=O) groups excluding carboxylic acids is 3. The molecule has 104 valence electrons. The Hall–Kier alpha value is -2.43. The second-order valence-electron chi connectivity index (χ2n) is 5.67. The average molecular weight is 272 g/mol. The van der Waals surface area contributed by atoms with E-state index in [0.29, 0.717) is 0 Å². The van der Waals surface area contributed by atoms with Crippen molar-refractivity contribution in [2.45, 2.75) is 26.2 Å². The molecule has 2 rings (SSSR count). The zero-order chi connectivity index (χ0) is 14.9. The average Bonchev–Trinajstić information content (AvgIpc) is 2.33. The molecule has 20 heavy (non-hydrogen) atoms. The van der Waals surface area contributed by atoms with E-state index in [4.69, 9.17) is 0 Å². The molecular formula is C15H16N2O3. The van der Waals surface area contributed by atoms with Crippen LogP contribution in [0.3, 0.4) is 0 Å². The zero-order valence-electron chi connectivity index (χ0n) is 11.6. The lowest BCUT2D eigenvalue weighted by Gasteiger charge is -2.19. The minimum Gasteiger partial charge on any atom is -0.273 e. The molecule has 1 fully saturated rings. The van der Waals surface area contributed by atoms with Gasteiger partial charge in [0.15, 0.2) is 0 Å². The molecule has 1 heterocycles.